The summed E-state index contributed by atoms with van der Waals surface area (Å²) in [5, 5.41) is 0. The lowest BCUT2D eigenvalue weighted by Gasteiger charge is -2.25. The molecule has 0 heterocycles. The maximum absolute atomic E-state index is 12.6. The van der Waals surface area contributed by atoms with Crippen molar-refractivity contribution >= 4 is 16.0 Å². The Balaban J connectivity index is 3.12. The van der Waals surface area contributed by atoms with Crippen molar-refractivity contribution in [1.82, 2.24) is 4.31 Å². The molecule has 0 amide bonds. The Bertz CT molecular complexity index is 583. The summed E-state index contributed by atoms with van der Waals surface area (Å²) >= 11 is 0. The van der Waals surface area contributed by atoms with E-state index in [2.05, 4.69) is 0 Å². The van der Waals surface area contributed by atoms with E-state index in [1.807, 2.05) is 0 Å². The average Bonchev–Trinajstić information content (AvgIpc) is 2.44. The molecule has 0 unspecified atom stereocenters. The predicted molar refractivity (Wildman–Crippen MR) is 78.7 cm³/mol. The van der Waals surface area contributed by atoms with Gasteiger partial charge in [-0.1, -0.05) is 6.07 Å². The zero-order valence-electron chi connectivity index (χ0n) is 12.7. The smallest absolute Gasteiger partial charge is 0.321 e. The molecule has 7 heteroatoms. The van der Waals surface area contributed by atoms with E-state index >= 15 is 0 Å². The maximum Gasteiger partial charge on any atom is 0.321 e. The quantitative estimate of drug-likeness (QED) is 0.716. The highest BCUT2D eigenvalue weighted by molar-refractivity contribution is 7.89. The van der Waals surface area contributed by atoms with E-state index in [0.717, 1.165) is 4.31 Å². The van der Waals surface area contributed by atoms with Gasteiger partial charge in [-0.3, -0.25) is 4.79 Å². The van der Waals surface area contributed by atoms with E-state index < -0.39 is 16.0 Å². The SMILES string of the molecule is CCOC(=O)CN(C(C)C)S(=O)(=O)c1cccc(OC)c1. The molecule has 0 aliphatic rings. The fraction of sp³-hybridized carbons (Fsp3) is 0.500. The maximum atomic E-state index is 12.6. The van der Waals surface area contributed by atoms with E-state index in [1.165, 1.54) is 19.2 Å². The first kappa shape index (κ1) is 17.5. The molecule has 21 heavy (non-hydrogen) atoms. The van der Waals surface area contributed by atoms with Gasteiger partial charge in [0.2, 0.25) is 10.0 Å². The molecule has 0 saturated carbocycles. The summed E-state index contributed by atoms with van der Waals surface area (Å²) in [5.41, 5.74) is 0. The first-order chi connectivity index (χ1) is 9.82. The van der Waals surface area contributed by atoms with E-state index in [4.69, 9.17) is 9.47 Å². The number of carbonyl (C=O) groups is 1. The molecule has 0 N–H and O–H groups in total. The summed E-state index contributed by atoms with van der Waals surface area (Å²) in [6.07, 6.45) is 0. The van der Waals surface area contributed by atoms with Gasteiger partial charge >= 0.3 is 5.97 Å². The van der Waals surface area contributed by atoms with Gasteiger partial charge in [0.1, 0.15) is 12.3 Å². The zero-order valence-corrected chi connectivity index (χ0v) is 13.5. The molecule has 0 atom stereocenters. The number of carbonyl (C=O) groups excluding carboxylic acids is 1. The van der Waals surface area contributed by atoms with E-state index in [1.54, 1.807) is 32.9 Å². The number of ether oxygens (including phenoxy) is 2. The van der Waals surface area contributed by atoms with Crippen molar-refractivity contribution in [2.75, 3.05) is 20.3 Å². The summed E-state index contributed by atoms with van der Waals surface area (Å²) < 4.78 is 36.3. The Kier molecular flexibility index (Phi) is 6.17. The number of benzene rings is 1. The fourth-order valence-corrected chi connectivity index (χ4v) is 3.39. The van der Waals surface area contributed by atoms with Crippen LogP contribution in [-0.2, 0) is 19.6 Å². The molecule has 118 valence electrons. The summed E-state index contributed by atoms with van der Waals surface area (Å²) in [5.74, 6) is -0.131. The minimum Gasteiger partial charge on any atom is -0.497 e. The molecule has 0 aliphatic heterocycles. The monoisotopic (exact) mass is 315 g/mol. The van der Waals surface area contributed by atoms with Crippen LogP contribution in [0.3, 0.4) is 0 Å². The Morgan fingerprint density at radius 1 is 1.33 bits per heavy atom. The zero-order chi connectivity index (χ0) is 16.0. The molecule has 0 aromatic heterocycles. The van der Waals surface area contributed by atoms with Crippen molar-refractivity contribution in [1.29, 1.82) is 0 Å². The molecule has 0 saturated heterocycles. The predicted octanol–water partition coefficient (Wildman–Crippen LogP) is 1.66. The van der Waals surface area contributed by atoms with Crippen LogP contribution in [0.1, 0.15) is 20.8 Å². The van der Waals surface area contributed by atoms with Gasteiger partial charge in [0.15, 0.2) is 0 Å². The van der Waals surface area contributed by atoms with Crippen molar-refractivity contribution < 1.29 is 22.7 Å². The first-order valence-electron chi connectivity index (χ1n) is 6.64. The van der Waals surface area contributed by atoms with Gasteiger partial charge in [0, 0.05) is 12.1 Å². The minimum absolute atomic E-state index is 0.0832. The molecule has 6 nitrogen and oxygen atoms in total. The standard InChI is InChI=1S/C14H21NO5S/c1-5-20-14(16)10-15(11(2)3)21(17,18)13-8-6-7-12(9-13)19-4/h6-9,11H,5,10H2,1-4H3. The van der Waals surface area contributed by atoms with Gasteiger partial charge in [-0.05, 0) is 32.9 Å². The lowest BCUT2D eigenvalue weighted by molar-refractivity contribution is -0.143. The lowest BCUT2D eigenvalue weighted by atomic mass is 10.3. The molecule has 0 aliphatic carbocycles. The largest absolute Gasteiger partial charge is 0.497 e. The number of esters is 1. The van der Waals surface area contributed by atoms with E-state index in [0.29, 0.717) is 5.75 Å². The molecular formula is C14H21NO5S. The Labute approximate surface area is 125 Å². The second kappa shape index (κ2) is 7.42. The van der Waals surface area contributed by atoms with Crippen LogP contribution < -0.4 is 4.74 Å². The number of hydrogen-bond acceptors (Lipinski definition) is 5. The second-order valence-corrected chi connectivity index (χ2v) is 6.52. The number of rotatable bonds is 7. The second-order valence-electron chi connectivity index (χ2n) is 4.63. The van der Waals surface area contributed by atoms with Crippen molar-refractivity contribution in [2.24, 2.45) is 0 Å². The van der Waals surface area contributed by atoms with Crippen LogP contribution in [0.15, 0.2) is 29.2 Å². The van der Waals surface area contributed by atoms with E-state index in [9.17, 15) is 13.2 Å². The third kappa shape index (κ3) is 4.44. The normalized spacial score (nSPS) is 11.7. The minimum atomic E-state index is -3.79. The molecular weight excluding hydrogens is 294 g/mol. The molecule has 0 spiro atoms. The van der Waals surface area contributed by atoms with E-state index in [-0.39, 0.29) is 24.1 Å². The number of nitrogens with zero attached hydrogens (tertiary/aromatic N) is 1. The highest BCUT2D eigenvalue weighted by atomic mass is 32.2. The van der Waals surface area contributed by atoms with Crippen LogP contribution in [0.5, 0.6) is 5.75 Å². The van der Waals surface area contributed by atoms with Crippen molar-refractivity contribution in [3.8, 4) is 5.75 Å². The molecule has 1 aromatic rings. The molecule has 0 radical (unpaired) electrons. The third-order valence-electron chi connectivity index (χ3n) is 2.81. The van der Waals surface area contributed by atoms with Crippen molar-refractivity contribution in [3.63, 3.8) is 0 Å². The molecule has 0 bridgehead atoms. The number of hydrogen-bond donors (Lipinski definition) is 0. The molecule has 0 fully saturated rings. The summed E-state index contributed by atoms with van der Waals surface area (Å²) in [6.45, 7) is 4.98. The van der Waals surface area contributed by atoms with Crippen molar-refractivity contribution in [2.45, 2.75) is 31.7 Å². The number of sulfonamides is 1. The fourth-order valence-electron chi connectivity index (χ4n) is 1.78. The molecule has 1 rings (SSSR count). The van der Waals surface area contributed by atoms with Crippen LogP contribution in [-0.4, -0.2) is 45.0 Å². The summed E-state index contributed by atoms with van der Waals surface area (Å²) in [6, 6.07) is 5.78. The molecule has 1 aromatic carbocycles. The number of methoxy groups -OCH3 is 1. The van der Waals surface area contributed by atoms with Crippen LogP contribution >= 0.6 is 0 Å². The van der Waals surface area contributed by atoms with Gasteiger partial charge in [-0.15, -0.1) is 0 Å². The summed E-state index contributed by atoms with van der Waals surface area (Å²) in [4.78, 5) is 11.7. The average molecular weight is 315 g/mol. The van der Waals surface area contributed by atoms with Crippen LogP contribution in [0.2, 0.25) is 0 Å². The Hall–Kier alpha value is -1.60. The Morgan fingerprint density at radius 2 is 2.00 bits per heavy atom. The first-order valence-corrected chi connectivity index (χ1v) is 8.08. The van der Waals surface area contributed by atoms with Crippen LogP contribution in [0, 0.1) is 0 Å². The van der Waals surface area contributed by atoms with Gasteiger partial charge in [0.25, 0.3) is 0 Å². The highest BCUT2D eigenvalue weighted by Gasteiger charge is 2.29. The lowest BCUT2D eigenvalue weighted by Crippen LogP contribution is -2.41. The van der Waals surface area contributed by atoms with Crippen LogP contribution in [0.25, 0.3) is 0 Å². The van der Waals surface area contributed by atoms with Gasteiger partial charge < -0.3 is 9.47 Å². The van der Waals surface area contributed by atoms with Crippen molar-refractivity contribution in [3.05, 3.63) is 24.3 Å². The van der Waals surface area contributed by atoms with Gasteiger partial charge in [-0.25, -0.2) is 8.42 Å². The summed E-state index contributed by atoms with van der Waals surface area (Å²) in [7, 11) is -2.33. The Morgan fingerprint density at radius 3 is 2.52 bits per heavy atom. The third-order valence-corrected chi connectivity index (χ3v) is 4.83. The van der Waals surface area contributed by atoms with Gasteiger partial charge in [-0.2, -0.15) is 4.31 Å². The highest BCUT2D eigenvalue weighted by Crippen LogP contribution is 2.22. The topological polar surface area (TPSA) is 72.9 Å². The van der Waals surface area contributed by atoms with Crippen LogP contribution in [0.4, 0.5) is 0 Å². The van der Waals surface area contributed by atoms with Gasteiger partial charge in [0.05, 0.1) is 18.6 Å².